The van der Waals surface area contributed by atoms with Gasteiger partial charge in [-0.25, -0.2) is 0 Å². The average Bonchev–Trinajstić information content (AvgIpc) is 2.18. The van der Waals surface area contributed by atoms with E-state index in [1.54, 1.807) is 0 Å². The molecule has 2 aliphatic rings. The Morgan fingerprint density at radius 3 is 2.79 bits per heavy atom. The van der Waals surface area contributed by atoms with Gasteiger partial charge in [0.15, 0.2) is 0 Å². The summed E-state index contributed by atoms with van der Waals surface area (Å²) in [7, 11) is 0. The van der Waals surface area contributed by atoms with E-state index in [1.165, 1.54) is 45.3 Å². The van der Waals surface area contributed by atoms with Gasteiger partial charge >= 0.3 is 0 Å². The molecule has 2 saturated heterocycles. The Morgan fingerprint density at radius 2 is 2.07 bits per heavy atom. The smallest absolute Gasteiger partial charge is 0.0122 e. The Hall–Kier alpha value is -0.0800. The predicted octanol–water partition coefficient (Wildman–Crippen LogP) is 1.86. The van der Waals surface area contributed by atoms with Crippen LogP contribution in [0.25, 0.3) is 0 Å². The van der Waals surface area contributed by atoms with Crippen LogP contribution in [0.15, 0.2) is 0 Å². The molecule has 2 fully saturated rings. The third kappa shape index (κ3) is 2.48. The largest absolute Gasteiger partial charge is 0.314 e. The van der Waals surface area contributed by atoms with Gasteiger partial charge in [0, 0.05) is 18.6 Å². The molecule has 0 radical (unpaired) electrons. The summed E-state index contributed by atoms with van der Waals surface area (Å²) in [4.78, 5) is 2.74. The second-order valence-electron chi connectivity index (χ2n) is 5.28. The first kappa shape index (κ1) is 10.4. The topological polar surface area (TPSA) is 15.3 Å². The summed E-state index contributed by atoms with van der Waals surface area (Å²) >= 11 is 0. The molecule has 0 aromatic carbocycles. The minimum absolute atomic E-state index is 0.728. The highest BCUT2D eigenvalue weighted by atomic mass is 15.2. The first-order valence-electron chi connectivity index (χ1n) is 6.23. The van der Waals surface area contributed by atoms with Crippen LogP contribution in [0.5, 0.6) is 0 Å². The molecule has 0 amide bonds. The van der Waals surface area contributed by atoms with Gasteiger partial charge in [0.1, 0.15) is 0 Å². The van der Waals surface area contributed by atoms with Gasteiger partial charge in [-0.1, -0.05) is 6.92 Å². The molecule has 1 N–H and O–H groups in total. The maximum atomic E-state index is 3.54. The molecule has 14 heavy (non-hydrogen) atoms. The van der Waals surface area contributed by atoms with Crippen molar-refractivity contribution >= 4 is 0 Å². The Labute approximate surface area is 88.1 Å². The van der Waals surface area contributed by atoms with Crippen LogP contribution < -0.4 is 5.32 Å². The Balaban J connectivity index is 1.86. The Bertz CT molecular complexity index is 161. The van der Waals surface area contributed by atoms with Crippen molar-refractivity contribution in [2.75, 3.05) is 19.6 Å². The van der Waals surface area contributed by atoms with Crippen LogP contribution in [0.2, 0.25) is 0 Å². The van der Waals surface area contributed by atoms with Crippen LogP contribution in [0.3, 0.4) is 0 Å². The molecule has 0 aliphatic carbocycles. The molecule has 3 atom stereocenters. The van der Waals surface area contributed by atoms with Crippen molar-refractivity contribution in [2.24, 2.45) is 5.92 Å². The first-order valence-corrected chi connectivity index (χ1v) is 6.23. The predicted molar refractivity (Wildman–Crippen MR) is 60.5 cm³/mol. The minimum atomic E-state index is 0.728. The number of hydrogen-bond acceptors (Lipinski definition) is 2. The van der Waals surface area contributed by atoms with Crippen LogP contribution in [0.1, 0.15) is 39.5 Å². The molecule has 3 unspecified atom stereocenters. The van der Waals surface area contributed by atoms with Crippen molar-refractivity contribution in [2.45, 2.75) is 51.6 Å². The van der Waals surface area contributed by atoms with Crippen molar-refractivity contribution in [3.63, 3.8) is 0 Å². The molecule has 0 saturated carbocycles. The number of nitrogens with zero attached hydrogens (tertiary/aromatic N) is 1. The van der Waals surface area contributed by atoms with Crippen LogP contribution in [0, 0.1) is 5.92 Å². The van der Waals surface area contributed by atoms with E-state index in [0.717, 1.165) is 18.0 Å². The SMILES string of the molecule is CC1CCCN(C2CCNC(C)C2)C1. The van der Waals surface area contributed by atoms with E-state index in [4.69, 9.17) is 0 Å². The summed E-state index contributed by atoms with van der Waals surface area (Å²) in [6.45, 7) is 8.63. The van der Waals surface area contributed by atoms with Gasteiger partial charge in [0.25, 0.3) is 0 Å². The maximum absolute atomic E-state index is 3.54. The van der Waals surface area contributed by atoms with E-state index in [-0.39, 0.29) is 0 Å². The summed E-state index contributed by atoms with van der Waals surface area (Å²) in [5.41, 5.74) is 0. The number of nitrogens with one attached hydrogen (secondary N) is 1. The summed E-state index contributed by atoms with van der Waals surface area (Å²) in [6, 6.07) is 1.60. The van der Waals surface area contributed by atoms with E-state index >= 15 is 0 Å². The highest BCUT2D eigenvalue weighted by Gasteiger charge is 2.27. The van der Waals surface area contributed by atoms with Crippen LogP contribution in [-0.4, -0.2) is 36.6 Å². The van der Waals surface area contributed by atoms with Crippen LogP contribution >= 0.6 is 0 Å². The monoisotopic (exact) mass is 196 g/mol. The van der Waals surface area contributed by atoms with E-state index in [0.29, 0.717) is 0 Å². The molecule has 2 rings (SSSR count). The summed E-state index contributed by atoms with van der Waals surface area (Å²) in [6.07, 6.45) is 5.57. The standard InChI is InChI=1S/C12H24N2/c1-10-4-3-7-14(9-10)12-5-6-13-11(2)8-12/h10-13H,3-9H2,1-2H3. The second kappa shape index (κ2) is 4.63. The van der Waals surface area contributed by atoms with Gasteiger partial charge in [-0.05, 0) is 51.6 Å². The van der Waals surface area contributed by atoms with Gasteiger partial charge in [0.2, 0.25) is 0 Å². The van der Waals surface area contributed by atoms with E-state index in [1.807, 2.05) is 0 Å². The maximum Gasteiger partial charge on any atom is 0.0122 e. The summed E-state index contributed by atoms with van der Waals surface area (Å²) in [5, 5.41) is 3.54. The molecule has 2 heterocycles. The van der Waals surface area contributed by atoms with Crippen molar-refractivity contribution in [1.29, 1.82) is 0 Å². The highest BCUT2D eigenvalue weighted by molar-refractivity contribution is 4.84. The fraction of sp³-hybridized carbons (Fsp3) is 1.00. The van der Waals surface area contributed by atoms with Gasteiger partial charge in [-0.2, -0.15) is 0 Å². The van der Waals surface area contributed by atoms with Gasteiger partial charge < -0.3 is 10.2 Å². The number of rotatable bonds is 1. The first-order chi connectivity index (χ1) is 6.75. The molecule has 2 heteroatoms. The lowest BCUT2D eigenvalue weighted by molar-refractivity contribution is 0.0985. The number of hydrogen-bond donors (Lipinski definition) is 1. The number of piperidine rings is 2. The van der Waals surface area contributed by atoms with Gasteiger partial charge in [-0.15, -0.1) is 0 Å². The van der Waals surface area contributed by atoms with E-state index in [2.05, 4.69) is 24.1 Å². The molecular weight excluding hydrogens is 172 g/mol. The molecule has 0 aromatic heterocycles. The summed E-state index contributed by atoms with van der Waals surface area (Å²) < 4.78 is 0. The Kier molecular flexibility index (Phi) is 3.45. The van der Waals surface area contributed by atoms with E-state index in [9.17, 15) is 0 Å². The molecule has 0 spiro atoms. The second-order valence-corrected chi connectivity index (χ2v) is 5.28. The van der Waals surface area contributed by atoms with Gasteiger partial charge in [0.05, 0.1) is 0 Å². The minimum Gasteiger partial charge on any atom is -0.314 e. The fourth-order valence-electron chi connectivity index (χ4n) is 2.99. The van der Waals surface area contributed by atoms with Crippen molar-refractivity contribution in [3.05, 3.63) is 0 Å². The highest BCUT2D eigenvalue weighted by Crippen LogP contribution is 2.22. The molecular formula is C12H24N2. The lowest BCUT2D eigenvalue weighted by atomic mass is 9.93. The quantitative estimate of drug-likeness (QED) is 0.688. The molecule has 82 valence electrons. The third-order valence-electron chi connectivity index (χ3n) is 3.80. The van der Waals surface area contributed by atoms with Crippen LogP contribution in [-0.2, 0) is 0 Å². The zero-order valence-corrected chi connectivity index (χ0v) is 9.63. The molecule has 2 aliphatic heterocycles. The molecule has 0 bridgehead atoms. The van der Waals surface area contributed by atoms with Crippen molar-refractivity contribution in [1.82, 2.24) is 10.2 Å². The summed E-state index contributed by atoms with van der Waals surface area (Å²) in [5.74, 6) is 0.925. The number of likely N-dealkylation sites (tertiary alicyclic amines) is 1. The van der Waals surface area contributed by atoms with Crippen LogP contribution in [0.4, 0.5) is 0 Å². The zero-order chi connectivity index (χ0) is 9.97. The average molecular weight is 196 g/mol. The zero-order valence-electron chi connectivity index (χ0n) is 9.63. The van der Waals surface area contributed by atoms with E-state index < -0.39 is 0 Å². The molecule has 2 nitrogen and oxygen atoms in total. The van der Waals surface area contributed by atoms with Crippen molar-refractivity contribution in [3.8, 4) is 0 Å². The molecule has 0 aromatic rings. The lowest BCUT2D eigenvalue weighted by Gasteiger charge is -2.41. The lowest BCUT2D eigenvalue weighted by Crippen LogP contribution is -2.49. The van der Waals surface area contributed by atoms with Crippen molar-refractivity contribution < 1.29 is 0 Å². The Morgan fingerprint density at radius 1 is 1.21 bits per heavy atom. The normalized spacial score (nSPS) is 41.1. The fourth-order valence-corrected chi connectivity index (χ4v) is 2.99. The van der Waals surface area contributed by atoms with Gasteiger partial charge in [-0.3, -0.25) is 0 Å². The third-order valence-corrected chi connectivity index (χ3v) is 3.80.